The van der Waals surface area contributed by atoms with Crippen LogP contribution in [0.2, 0.25) is 0 Å². The van der Waals surface area contributed by atoms with Gasteiger partial charge in [0.2, 0.25) is 0 Å². The number of aromatic nitrogens is 1. The molecule has 0 aliphatic rings. The number of hydrogen-bond acceptors (Lipinski definition) is 2. The van der Waals surface area contributed by atoms with Gasteiger partial charge in [0, 0.05) is 22.5 Å². The fourth-order valence-corrected chi connectivity index (χ4v) is 4.75. The Morgan fingerprint density at radius 3 is 1.94 bits per heavy atom. The number of benzene rings is 5. The third-order valence-electron chi connectivity index (χ3n) is 6.21. The van der Waals surface area contributed by atoms with Crippen LogP contribution in [0.5, 0.6) is 0 Å². The van der Waals surface area contributed by atoms with Crippen molar-refractivity contribution in [3.8, 4) is 11.3 Å². The number of fused-ring (bicyclic) bond motifs is 6. The van der Waals surface area contributed by atoms with Crippen molar-refractivity contribution < 1.29 is 4.42 Å². The molecule has 0 unspecified atom stereocenters. The van der Waals surface area contributed by atoms with Crippen molar-refractivity contribution in [1.29, 1.82) is 0 Å². The molecule has 0 saturated heterocycles. The molecule has 0 radical (unpaired) electrons. The van der Waals surface area contributed by atoms with Crippen LogP contribution in [0.25, 0.3) is 65.5 Å². The second-order valence-electron chi connectivity index (χ2n) is 8.09. The van der Waals surface area contributed by atoms with E-state index in [2.05, 4.69) is 71.7 Å². The van der Waals surface area contributed by atoms with E-state index < -0.39 is 0 Å². The minimum atomic E-state index is 0.892. The van der Waals surface area contributed by atoms with Crippen LogP contribution in [-0.4, -0.2) is 4.98 Å². The second kappa shape index (κ2) is 6.16. The molecule has 0 bridgehead atoms. The number of hydrogen-bond donors (Lipinski definition) is 0. The van der Waals surface area contributed by atoms with Gasteiger partial charge in [0.15, 0.2) is 0 Å². The highest BCUT2D eigenvalue weighted by molar-refractivity contribution is 6.16. The fourth-order valence-electron chi connectivity index (χ4n) is 4.75. The third-order valence-corrected chi connectivity index (χ3v) is 6.21. The van der Waals surface area contributed by atoms with Gasteiger partial charge in [-0.1, -0.05) is 42.5 Å². The molecule has 7 aromatic rings. The van der Waals surface area contributed by atoms with E-state index in [9.17, 15) is 0 Å². The van der Waals surface area contributed by atoms with Crippen LogP contribution >= 0.6 is 0 Å². The molecule has 2 aromatic heterocycles. The van der Waals surface area contributed by atoms with Gasteiger partial charge in [0.25, 0.3) is 0 Å². The molecular weight excluding hydrogens is 378 g/mol. The van der Waals surface area contributed by atoms with E-state index in [4.69, 9.17) is 4.42 Å². The molecule has 0 saturated carbocycles. The predicted octanol–water partition coefficient (Wildman–Crippen LogP) is 8.11. The van der Waals surface area contributed by atoms with Crippen LogP contribution in [0.15, 0.2) is 108 Å². The first-order valence-electron chi connectivity index (χ1n) is 10.5. The van der Waals surface area contributed by atoms with E-state index in [1.807, 2.05) is 36.5 Å². The first-order valence-corrected chi connectivity index (χ1v) is 10.5. The normalized spacial score (nSPS) is 11.9. The van der Waals surface area contributed by atoms with Gasteiger partial charge in [0.05, 0.1) is 5.69 Å². The minimum Gasteiger partial charge on any atom is -0.456 e. The van der Waals surface area contributed by atoms with Crippen molar-refractivity contribution in [2.24, 2.45) is 0 Å². The Morgan fingerprint density at radius 2 is 1.19 bits per heavy atom. The molecular formula is C29H17NO. The van der Waals surface area contributed by atoms with Gasteiger partial charge >= 0.3 is 0 Å². The molecule has 2 heterocycles. The SMILES string of the molecule is c1ccc(-c2cccc3oc4cc5cc6cc7ccccc7cc6cc5cc4c23)nc1. The van der Waals surface area contributed by atoms with Gasteiger partial charge < -0.3 is 4.42 Å². The fraction of sp³-hybridized carbons (Fsp3) is 0. The highest BCUT2D eigenvalue weighted by Crippen LogP contribution is 2.38. The molecule has 0 amide bonds. The second-order valence-corrected chi connectivity index (χ2v) is 8.09. The van der Waals surface area contributed by atoms with Gasteiger partial charge in [-0.3, -0.25) is 4.98 Å². The summed E-state index contributed by atoms with van der Waals surface area (Å²) < 4.78 is 6.28. The summed E-state index contributed by atoms with van der Waals surface area (Å²) in [6.07, 6.45) is 1.84. The highest BCUT2D eigenvalue weighted by Gasteiger charge is 2.14. The van der Waals surface area contributed by atoms with E-state index in [0.29, 0.717) is 0 Å². The lowest BCUT2D eigenvalue weighted by Crippen LogP contribution is -1.83. The van der Waals surface area contributed by atoms with Crippen LogP contribution < -0.4 is 0 Å². The monoisotopic (exact) mass is 395 g/mol. The molecule has 0 aliphatic carbocycles. The summed E-state index contributed by atoms with van der Waals surface area (Å²) in [6, 6.07) is 34.3. The van der Waals surface area contributed by atoms with Gasteiger partial charge in [0.1, 0.15) is 11.2 Å². The summed E-state index contributed by atoms with van der Waals surface area (Å²) >= 11 is 0. The average Bonchev–Trinajstić information content (AvgIpc) is 3.18. The van der Waals surface area contributed by atoms with Crippen LogP contribution in [0.3, 0.4) is 0 Å². The molecule has 31 heavy (non-hydrogen) atoms. The van der Waals surface area contributed by atoms with E-state index >= 15 is 0 Å². The summed E-state index contributed by atoms with van der Waals surface area (Å²) in [5, 5.41) is 9.68. The zero-order valence-electron chi connectivity index (χ0n) is 16.7. The number of rotatable bonds is 1. The van der Waals surface area contributed by atoms with E-state index in [0.717, 1.165) is 33.2 Å². The Bertz CT molecular complexity index is 1780. The number of nitrogens with zero attached hydrogens (tertiary/aromatic N) is 1. The average molecular weight is 395 g/mol. The Labute approximate surface area is 178 Å². The molecule has 0 atom stereocenters. The van der Waals surface area contributed by atoms with Crippen molar-refractivity contribution in [2.45, 2.75) is 0 Å². The first kappa shape index (κ1) is 16.6. The number of pyridine rings is 1. The van der Waals surface area contributed by atoms with Gasteiger partial charge in [-0.15, -0.1) is 0 Å². The summed E-state index contributed by atoms with van der Waals surface area (Å²) in [5.74, 6) is 0. The molecule has 7 rings (SSSR count). The van der Waals surface area contributed by atoms with Crippen LogP contribution in [0, 0.1) is 0 Å². The van der Waals surface area contributed by atoms with Crippen LogP contribution in [0.4, 0.5) is 0 Å². The summed E-state index contributed by atoms with van der Waals surface area (Å²) in [4.78, 5) is 4.58. The lowest BCUT2D eigenvalue weighted by atomic mass is 9.97. The van der Waals surface area contributed by atoms with E-state index in [-0.39, 0.29) is 0 Å². The summed E-state index contributed by atoms with van der Waals surface area (Å²) in [6.45, 7) is 0. The molecule has 0 fully saturated rings. The Hall–Kier alpha value is -4.17. The van der Waals surface area contributed by atoms with Crippen molar-refractivity contribution in [2.75, 3.05) is 0 Å². The summed E-state index contributed by atoms with van der Waals surface area (Å²) in [7, 11) is 0. The van der Waals surface area contributed by atoms with Crippen LogP contribution in [0.1, 0.15) is 0 Å². The summed E-state index contributed by atoms with van der Waals surface area (Å²) in [5.41, 5.74) is 3.86. The highest BCUT2D eigenvalue weighted by atomic mass is 16.3. The van der Waals surface area contributed by atoms with Crippen molar-refractivity contribution in [3.63, 3.8) is 0 Å². The first-order chi connectivity index (χ1) is 15.3. The molecule has 2 nitrogen and oxygen atoms in total. The van der Waals surface area contributed by atoms with Gasteiger partial charge in [-0.2, -0.15) is 0 Å². The standard InChI is InChI=1S/C29H17NO/c1-2-7-19-13-21-15-23-17-28-25(16-22(23)14-20(21)12-18(19)6-1)29-24(8-5-10-27(29)31-28)26-9-3-4-11-30-26/h1-17H. The van der Waals surface area contributed by atoms with Crippen molar-refractivity contribution in [1.82, 2.24) is 4.98 Å². The van der Waals surface area contributed by atoms with Gasteiger partial charge in [-0.25, -0.2) is 0 Å². The van der Waals surface area contributed by atoms with Crippen molar-refractivity contribution in [3.05, 3.63) is 103 Å². The Morgan fingerprint density at radius 1 is 0.516 bits per heavy atom. The van der Waals surface area contributed by atoms with Crippen LogP contribution in [-0.2, 0) is 0 Å². The molecule has 2 heteroatoms. The quantitative estimate of drug-likeness (QED) is 0.262. The van der Waals surface area contributed by atoms with Crippen molar-refractivity contribution >= 4 is 54.3 Å². The molecule has 0 spiro atoms. The molecule has 144 valence electrons. The topological polar surface area (TPSA) is 26.0 Å². The molecule has 0 aliphatic heterocycles. The van der Waals surface area contributed by atoms with Gasteiger partial charge in [-0.05, 0) is 86.9 Å². The predicted molar refractivity (Wildman–Crippen MR) is 129 cm³/mol. The Balaban J connectivity index is 1.57. The molecule has 0 N–H and O–H groups in total. The Kier molecular flexibility index (Phi) is 3.30. The molecule has 5 aromatic carbocycles. The lowest BCUT2D eigenvalue weighted by Gasteiger charge is -2.06. The van der Waals surface area contributed by atoms with E-state index in [1.165, 1.54) is 32.3 Å². The number of furan rings is 1. The van der Waals surface area contributed by atoms with E-state index in [1.54, 1.807) is 0 Å². The maximum Gasteiger partial charge on any atom is 0.136 e. The zero-order valence-corrected chi connectivity index (χ0v) is 16.7. The largest absolute Gasteiger partial charge is 0.456 e. The lowest BCUT2D eigenvalue weighted by molar-refractivity contribution is 0.669. The minimum absolute atomic E-state index is 0.892. The maximum atomic E-state index is 6.28. The maximum absolute atomic E-state index is 6.28. The smallest absolute Gasteiger partial charge is 0.136 e. The zero-order chi connectivity index (χ0) is 20.4. The third kappa shape index (κ3) is 2.48.